The zero-order valence-electron chi connectivity index (χ0n) is 10.7. The summed E-state index contributed by atoms with van der Waals surface area (Å²) in [6, 6.07) is -1.40. The summed E-state index contributed by atoms with van der Waals surface area (Å²) in [5.74, 6) is -0.277. The maximum Gasteiger partial charge on any atom is 0.326 e. The van der Waals surface area contributed by atoms with Gasteiger partial charge in [0.2, 0.25) is 0 Å². The lowest BCUT2D eigenvalue weighted by Gasteiger charge is -2.37. The average Bonchev–Trinajstić information content (AvgIpc) is 2.26. The molecule has 0 saturated carbocycles. The molecule has 1 aliphatic heterocycles. The van der Waals surface area contributed by atoms with Crippen LogP contribution in [0.4, 0.5) is 4.79 Å². The van der Waals surface area contributed by atoms with E-state index in [4.69, 9.17) is 10.2 Å². The van der Waals surface area contributed by atoms with Gasteiger partial charge in [-0.25, -0.2) is 9.59 Å². The molecular formula is C11H20N2O4S. The lowest BCUT2D eigenvalue weighted by atomic mass is 10.2. The number of carboxylic acids is 1. The van der Waals surface area contributed by atoms with Crippen molar-refractivity contribution in [2.24, 2.45) is 0 Å². The summed E-state index contributed by atoms with van der Waals surface area (Å²) in [4.78, 5) is 24.5. The van der Waals surface area contributed by atoms with Crippen molar-refractivity contribution in [2.75, 3.05) is 25.4 Å². The van der Waals surface area contributed by atoms with E-state index < -0.39 is 12.0 Å². The van der Waals surface area contributed by atoms with Crippen LogP contribution in [-0.4, -0.2) is 63.4 Å². The molecule has 1 aliphatic rings. The van der Waals surface area contributed by atoms with E-state index in [1.807, 2.05) is 0 Å². The van der Waals surface area contributed by atoms with E-state index in [1.54, 1.807) is 16.7 Å². The lowest BCUT2D eigenvalue weighted by molar-refractivity contribution is -0.139. The molecule has 0 aromatic rings. The highest BCUT2D eigenvalue weighted by molar-refractivity contribution is 8.00. The maximum atomic E-state index is 11.9. The highest BCUT2D eigenvalue weighted by atomic mass is 32.2. The predicted octanol–water partition coefficient (Wildman–Crippen LogP) is 0.359. The number of carbonyl (C=O) groups excluding carboxylic acids is 1. The number of nitrogens with zero attached hydrogens (tertiary/aromatic N) is 1. The number of rotatable bonds is 4. The van der Waals surface area contributed by atoms with E-state index >= 15 is 0 Å². The molecule has 6 nitrogen and oxygen atoms in total. The Balaban J connectivity index is 2.55. The van der Waals surface area contributed by atoms with Gasteiger partial charge in [0.1, 0.15) is 6.04 Å². The van der Waals surface area contributed by atoms with Crippen LogP contribution in [0.3, 0.4) is 0 Å². The Labute approximate surface area is 111 Å². The minimum absolute atomic E-state index is 0.00864. The second kappa shape index (κ2) is 6.29. The van der Waals surface area contributed by atoms with Crippen molar-refractivity contribution < 1.29 is 19.8 Å². The van der Waals surface area contributed by atoms with Gasteiger partial charge in [-0.1, -0.05) is 0 Å². The van der Waals surface area contributed by atoms with E-state index in [9.17, 15) is 9.59 Å². The second-order valence-electron chi connectivity index (χ2n) is 4.88. The molecule has 0 radical (unpaired) electrons. The van der Waals surface area contributed by atoms with E-state index in [2.05, 4.69) is 19.2 Å². The molecule has 0 aliphatic carbocycles. The topological polar surface area (TPSA) is 89.9 Å². The first-order valence-corrected chi connectivity index (χ1v) is 6.87. The number of aliphatic hydroxyl groups excluding tert-OH is 1. The van der Waals surface area contributed by atoms with E-state index in [1.165, 1.54) is 0 Å². The molecule has 1 rings (SSSR count). The molecule has 1 atom stereocenters. The van der Waals surface area contributed by atoms with Gasteiger partial charge in [0.25, 0.3) is 0 Å². The molecule has 7 heteroatoms. The number of aliphatic carboxylic acids is 1. The van der Waals surface area contributed by atoms with Crippen LogP contribution in [0.25, 0.3) is 0 Å². The van der Waals surface area contributed by atoms with Gasteiger partial charge in [-0.2, -0.15) is 11.8 Å². The monoisotopic (exact) mass is 276 g/mol. The maximum absolute atomic E-state index is 11.9. The van der Waals surface area contributed by atoms with Crippen LogP contribution in [0.1, 0.15) is 20.3 Å². The molecule has 0 bridgehead atoms. The first-order chi connectivity index (χ1) is 8.35. The highest BCUT2D eigenvalue weighted by Gasteiger charge is 2.31. The lowest BCUT2D eigenvalue weighted by Crippen LogP contribution is -2.53. The molecule has 1 heterocycles. The Kier molecular flexibility index (Phi) is 5.28. The standard InChI is InChI=1S/C11H20N2O4S/c1-11(2)7-13(4-6-18-11)10(17)12-8(3-5-14)9(15)16/h8,14H,3-7H2,1-2H3,(H,12,17)(H,15,16)/t8-/m0/s1. The summed E-state index contributed by atoms with van der Waals surface area (Å²) < 4.78 is -0.00864. The quantitative estimate of drug-likeness (QED) is 0.690. The molecule has 18 heavy (non-hydrogen) atoms. The first-order valence-electron chi connectivity index (χ1n) is 5.89. The molecule has 104 valence electrons. The molecule has 1 fully saturated rings. The summed E-state index contributed by atoms with van der Waals surface area (Å²) in [5, 5.41) is 20.1. The minimum Gasteiger partial charge on any atom is -0.480 e. The van der Waals surface area contributed by atoms with Crippen molar-refractivity contribution in [1.29, 1.82) is 0 Å². The third kappa shape index (κ3) is 4.38. The van der Waals surface area contributed by atoms with Crippen LogP contribution in [0.5, 0.6) is 0 Å². The van der Waals surface area contributed by atoms with Gasteiger partial charge < -0.3 is 20.4 Å². The van der Waals surface area contributed by atoms with Gasteiger partial charge in [0.05, 0.1) is 0 Å². The number of carbonyl (C=O) groups is 2. The van der Waals surface area contributed by atoms with E-state index in [0.717, 1.165) is 5.75 Å². The SMILES string of the molecule is CC1(C)CN(C(=O)N[C@@H](CCO)C(=O)O)CCS1. The number of amides is 2. The molecule has 0 aromatic heterocycles. The molecule has 0 aromatic carbocycles. The fourth-order valence-electron chi connectivity index (χ4n) is 1.82. The Morgan fingerprint density at radius 2 is 2.17 bits per heavy atom. The number of hydrogen-bond acceptors (Lipinski definition) is 4. The van der Waals surface area contributed by atoms with E-state index in [-0.39, 0.29) is 23.8 Å². The predicted molar refractivity (Wildman–Crippen MR) is 69.8 cm³/mol. The zero-order valence-corrected chi connectivity index (χ0v) is 11.5. The van der Waals surface area contributed by atoms with Gasteiger partial charge in [-0.3, -0.25) is 0 Å². The van der Waals surface area contributed by atoms with Crippen LogP contribution in [-0.2, 0) is 4.79 Å². The summed E-state index contributed by atoms with van der Waals surface area (Å²) in [6.45, 7) is 5.05. The fourth-order valence-corrected chi connectivity index (χ4v) is 2.93. The van der Waals surface area contributed by atoms with Crippen molar-refractivity contribution in [3.05, 3.63) is 0 Å². The molecule has 0 spiro atoms. The highest BCUT2D eigenvalue weighted by Crippen LogP contribution is 2.29. The minimum atomic E-state index is -1.12. The molecule has 1 saturated heterocycles. The largest absolute Gasteiger partial charge is 0.480 e. The molecule has 2 amide bonds. The second-order valence-corrected chi connectivity index (χ2v) is 6.68. The van der Waals surface area contributed by atoms with Crippen molar-refractivity contribution in [1.82, 2.24) is 10.2 Å². The number of aliphatic hydroxyl groups is 1. The summed E-state index contributed by atoms with van der Waals surface area (Å²) in [5.41, 5.74) is 0. The van der Waals surface area contributed by atoms with Crippen LogP contribution >= 0.6 is 11.8 Å². The van der Waals surface area contributed by atoms with Crippen LogP contribution in [0.15, 0.2) is 0 Å². The average molecular weight is 276 g/mol. The third-order valence-corrected chi connectivity index (χ3v) is 4.02. The van der Waals surface area contributed by atoms with Crippen LogP contribution < -0.4 is 5.32 Å². The summed E-state index contributed by atoms with van der Waals surface area (Å²) >= 11 is 1.80. The Morgan fingerprint density at radius 3 is 2.67 bits per heavy atom. The van der Waals surface area contributed by atoms with Crippen molar-refractivity contribution in [3.8, 4) is 0 Å². The number of urea groups is 1. The van der Waals surface area contributed by atoms with Crippen molar-refractivity contribution >= 4 is 23.8 Å². The van der Waals surface area contributed by atoms with Gasteiger partial charge in [0, 0.05) is 36.6 Å². The molecular weight excluding hydrogens is 256 g/mol. The van der Waals surface area contributed by atoms with Gasteiger partial charge >= 0.3 is 12.0 Å². The molecule has 3 N–H and O–H groups in total. The van der Waals surface area contributed by atoms with Crippen molar-refractivity contribution in [2.45, 2.75) is 31.1 Å². The van der Waals surface area contributed by atoms with Crippen molar-refractivity contribution in [3.63, 3.8) is 0 Å². The third-order valence-electron chi connectivity index (χ3n) is 2.73. The fraction of sp³-hybridized carbons (Fsp3) is 0.818. The number of thioether (sulfide) groups is 1. The first kappa shape index (κ1) is 15.1. The number of carboxylic acid groups (broad SMARTS) is 1. The number of nitrogens with one attached hydrogen (secondary N) is 1. The number of hydrogen-bond donors (Lipinski definition) is 3. The molecule has 0 unspecified atom stereocenters. The van der Waals surface area contributed by atoms with Gasteiger partial charge in [0.15, 0.2) is 0 Å². The van der Waals surface area contributed by atoms with Gasteiger partial charge in [-0.05, 0) is 13.8 Å². The van der Waals surface area contributed by atoms with Crippen LogP contribution in [0.2, 0.25) is 0 Å². The normalized spacial score (nSPS) is 20.3. The zero-order chi connectivity index (χ0) is 13.8. The van der Waals surface area contributed by atoms with Crippen LogP contribution in [0, 0.1) is 0 Å². The van der Waals surface area contributed by atoms with Gasteiger partial charge in [-0.15, -0.1) is 0 Å². The Morgan fingerprint density at radius 1 is 1.50 bits per heavy atom. The Bertz CT molecular complexity index is 322. The Hall–Kier alpha value is -0.950. The summed E-state index contributed by atoms with van der Waals surface area (Å²) in [7, 11) is 0. The smallest absolute Gasteiger partial charge is 0.326 e. The summed E-state index contributed by atoms with van der Waals surface area (Å²) in [6.07, 6.45) is 0.0209. The van der Waals surface area contributed by atoms with E-state index in [0.29, 0.717) is 13.1 Å².